The molecule has 3 N–H and O–H groups in total. The second-order valence-corrected chi connectivity index (χ2v) is 2.80. The van der Waals surface area contributed by atoms with Crippen molar-refractivity contribution in [2.24, 2.45) is 5.73 Å². The number of nitrogens with zero attached hydrogens (tertiary/aromatic N) is 1. The molecule has 0 unspecified atom stereocenters. The minimum absolute atomic E-state index is 0.444. The summed E-state index contributed by atoms with van der Waals surface area (Å²) in [5, 5.41) is 3.71. The van der Waals surface area contributed by atoms with E-state index in [2.05, 4.69) is 10.3 Å². The first kappa shape index (κ1) is 9.29. The Labute approximate surface area is 76.9 Å². The van der Waals surface area contributed by atoms with Crippen LogP contribution in [0.15, 0.2) is 12.3 Å². The molecule has 0 amide bonds. The standard InChI is InChI=1S/C8H12ClN3/c1-2-11-8-3-6(4-10)7(9)5-12-8/h3,5H,2,4,10H2,1H3,(H,11,12). The fraction of sp³-hybridized carbons (Fsp3) is 0.375. The first-order valence-corrected chi connectivity index (χ1v) is 4.24. The van der Waals surface area contributed by atoms with E-state index in [0.717, 1.165) is 17.9 Å². The third-order valence-electron chi connectivity index (χ3n) is 1.51. The fourth-order valence-corrected chi connectivity index (χ4v) is 1.10. The molecule has 0 aliphatic carbocycles. The van der Waals surface area contributed by atoms with Crippen LogP contribution in [0.3, 0.4) is 0 Å². The van der Waals surface area contributed by atoms with Gasteiger partial charge in [0, 0.05) is 19.3 Å². The number of rotatable bonds is 3. The van der Waals surface area contributed by atoms with Gasteiger partial charge in [-0.2, -0.15) is 0 Å². The predicted octanol–water partition coefficient (Wildman–Crippen LogP) is 1.63. The molecule has 4 heteroatoms. The van der Waals surface area contributed by atoms with Gasteiger partial charge in [0.15, 0.2) is 0 Å². The zero-order valence-electron chi connectivity index (χ0n) is 6.97. The minimum atomic E-state index is 0.444. The molecular formula is C8H12ClN3. The van der Waals surface area contributed by atoms with Gasteiger partial charge in [0.25, 0.3) is 0 Å². The lowest BCUT2D eigenvalue weighted by Crippen LogP contribution is -2.03. The fourth-order valence-electron chi connectivity index (χ4n) is 0.915. The van der Waals surface area contributed by atoms with Crippen molar-refractivity contribution in [2.75, 3.05) is 11.9 Å². The van der Waals surface area contributed by atoms with Crippen LogP contribution in [0, 0.1) is 0 Å². The van der Waals surface area contributed by atoms with Crippen LogP contribution >= 0.6 is 11.6 Å². The number of halogens is 1. The summed E-state index contributed by atoms with van der Waals surface area (Å²) in [5.41, 5.74) is 6.39. The molecular weight excluding hydrogens is 174 g/mol. The second-order valence-electron chi connectivity index (χ2n) is 2.40. The summed E-state index contributed by atoms with van der Waals surface area (Å²) >= 11 is 5.83. The highest BCUT2D eigenvalue weighted by Gasteiger charge is 1.99. The Morgan fingerprint density at radius 2 is 2.42 bits per heavy atom. The van der Waals surface area contributed by atoms with E-state index in [1.807, 2.05) is 13.0 Å². The van der Waals surface area contributed by atoms with Crippen LogP contribution in [0.1, 0.15) is 12.5 Å². The first-order chi connectivity index (χ1) is 5.77. The molecule has 12 heavy (non-hydrogen) atoms. The van der Waals surface area contributed by atoms with Gasteiger partial charge in [-0.15, -0.1) is 0 Å². The summed E-state index contributed by atoms with van der Waals surface area (Å²) in [6.07, 6.45) is 1.61. The summed E-state index contributed by atoms with van der Waals surface area (Å²) in [5.74, 6) is 0.822. The molecule has 0 spiro atoms. The summed E-state index contributed by atoms with van der Waals surface area (Å²) < 4.78 is 0. The Morgan fingerprint density at radius 3 is 3.00 bits per heavy atom. The van der Waals surface area contributed by atoms with Crippen LogP contribution < -0.4 is 11.1 Å². The lowest BCUT2D eigenvalue weighted by Gasteiger charge is -2.05. The van der Waals surface area contributed by atoms with Gasteiger partial charge in [-0.25, -0.2) is 4.98 Å². The molecule has 1 rings (SSSR count). The first-order valence-electron chi connectivity index (χ1n) is 3.86. The molecule has 0 radical (unpaired) electrons. The van der Waals surface area contributed by atoms with Gasteiger partial charge in [0.2, 0.25) is 0 Å². The Balaban J connectivity index is 2.89. The zero-order chi connectivity index (χ0) is 8.97. The minimum Gasteiger partial charge on any atom is -0.370 e. The van der Waals surface area contributed by atoms with Gasteiger partial charge in [-0.05, 0) is 18.6 Å². The van der Waals surface area contributed by atoms with Crippen molar-refractivity contribution in [3.63, 3.8) is 0 Å². The SMILES string of the molecule is CCNc1cc(CN)c(Cl)cn1. The lowest BCUT2D eigenvalue weighted by atomic mass is 10.2. The molecule has 0 bridgehead atoms. The quantitative estimate of drug-likeness (QED) is 0.753. The smallest absolute Gasteiger partial charge is 0.126 e. The van der Waals surface area contributed by atoms with Crippen LogP contribution in [-0.2, 0) is 6.54 Å². The normalized spacial score (nSPS) is 9.92. The maximum atomic E-state index is 5.83. The maximum absolute atomic E-state index is 5.83. The molecule has 1 aromatic heterocycles. The predicted molar refractivity (Wildman–Crippen MR) is 51.3 cm³/mol. The Morgan fingerprint density at radius 1 is 1.67 bits per heavy atom. The van der Waals surface area contributed by atoms with Gasteiger partial charge >= 0.3 is 0 Å². The van der Waals surface area contributed by atoms with E-state index in [1.54, 1.807) is 6.20 Å². The van der Waals surface area contributed by atoms with Crippen molar-refractivity contribution in [1.29, 1.82) is 0 Å². The Kier molecular flexibility index (Phi) is 3.31. The number of aromatic nitrogens is 1. The van der Waals surface area contributed by atoms with Crippen LogP contribution in [-0.4, -0.2) is 11.5 Å². The molecule has 0 atom stereocenters. The van der Waals surface area contributed by atoms with E-state index in [4.69, 9.17) is 17.3 Å². The van der Waals surface area contributed by atoms with Crippen molar-refractivity contribution < 1.29 is 0 Å². The average Bonchev–Trinajstić information content (AvgIpc) is 2.09. The lowest BCUT2D eigenvalue weighted by molar-refractivity contribution is 1.05. The van der Waals surface area contributed by atoms with E-state index in [9.17, 15) is 0 Å². The monoisotopic (exact) mass is 185 g/mol. The van der Waals surface area contributed by atoms with Crippen LogP contribution in [0.2, 0.25) is 5.02 Å². The summed E-state index contributed by atoms with van der Waals surface area (Å²) in [6, 6.07) is 1.87. The summed E-state index contributed by atoms with van der Waals surface area (Å²) in [7, 11) is 0. The van der Waals surface area contributed by atoms with Gasteiger partial charge in [-0.3, -0.25) is 0 Å². The van der Waals surface area contributed by atoms with Crippen LogP contribution in [0.25, 0.3) is 0 Å². The maximum Gasteiger partial charge on any atom is 0.126 e. The van der Waals surface area contributed by atoms with E-state index < -0.39 is 0 Å². The summed E-state index contributed by atoms with van der Waals surface area (Å²) in [6.45, 7) is 3.30. The van der Waals surface area contributed by atoms with E-state index in [1.165, 1.54) is 0 Å². The van der Waals surface area contributed by atoms with E-state index in [-0.39, 0.29) is 0 Å². The second kappa shape index (κ2) is 4.28. The molecule has 0 aliphatic rings. The molecule has 0 fully saturated rings. The third kappa shape index (κ3) is 2.09. The van der Waals surface area contributed by atoms with Crippen molar-refractivity contribution in [3.8, 4) is 0 Å². The van der Waals surface area contributed by atoms with Gasteiger partial charge in [-0.1, -0.05) is 11.6 Å². The van der Waals surface area contributed by atoms with Crippen molar-refractivity contribution in [2.45, 2.75) is 13.5 Å². The van der Waals surface area contributed by atoms with Crippen LogP contribution in [0.4, 0.5) is 5.82 Å². The number of hydrogen-bond acceptors (Lipinski definition) is 3. The Bertz CT molecular complexity index is 262. The largest absolute Gasteiger partial charge is 0.370 e. The van der Waals surface area contributed by atoms with Gasteiger partial charge in [0.1, 0.15) is 5.82 Å². The molecule has 1 heterocycles. The highest BCUT2D eigenvalue weighted by Crippen LogP contribution is 2.16. The summed E-state index contributed by atoms with van der Waals surface area (Å²) in [4.78, 5) is 4.08. The molecule has 0 saturated heterocycles. The van der Waals surface area contributed by atoms with Gasteiger partial charge < -0.3 is 11.1 Å². The van der Waals surface area contributed by atoms with Crippen molar-refractivity contribution in [1.82, 2.24) is 4.98 Å². The van der Waals surface area contributed by atoms with Crippen molar-refractivity contribution >= 4 is 17.4 Å². The number of nitrogens with one attached hydrogen (secondary N) is 1. The van der Waals surface area contributed by atoms with E-state index >= 15 is 0 Å². The highest BCUT2D eigenvalue weighted by molar-refractivity contribution is 6.31. The highest BCUT2D eigenvalue weighted by atomic mass is 35.5. The van der Waals surface area contributed by atoms with Gasteiger partial charge in [0.05, 0.1) is 5.02 Å². The topological polar surface area (TPSA) is 50.9 Å². The molecule has 1 aromatic rings. The molecule has 3 nitrogen and oxygen atoms in total. The molecule has 0 aromatic carbocycles. The number of hydrogen-bond donors (Lipinski definition) is 2. The number of anilines is 1. The molecule has 0 saturated carbocycles. The molecule has 0 aliphatic heterocycles. The third-order valence-corrected chi connectivity index (χ3v) is 1.85. The van der Waals surface area contributed by atoms with Crippen LogP contribution in [0.5, 0.6) is 0 Å². The number of pyridine rings is 1. The number of nitrogens with two attached hydrogens (primary N) is 1. The zero-order valence-corrected chi connectivity index (χ0v) is 7.73. The Hall–Kier alpha value is -0.800. The molecule has 66 valence electrons. The van der Waals surface area contributed by atoms with Crippen molar-refractivity contribution in [3.05, 3.63) is 22.8 Å². The van der Waals surface area contributed by atoms with E-state index in [0.29, 0.717) is 11.6 Å². The average molecular weight is 186 g/mol.